The molecule has 1 N–H and O–H groups in total. The molecule has 28 heavy (non-hydrogen) atoms. The van der Waals surface area contributed by atoms with Crippen molar-refractivity contribution in [3.05, 3.63) is 52.5 Å². The highest BCUT2D eigenvalue weighted by Gasteiger charge is 2.32. The van der Waals surface area contributed by atoms with Crippen molar-refractivity contribution in [1.82, 2.24) is 0 Å². The first-order valence-corrected chi connectivity index (χ1v) is 9.65. The van der Waals surface area contributed by atoms with Gasteiger partial charge in [-0.05, 0) is 55.2 Å². The summed E-state index contributed by atoms with van der Waals surface area (Å²) in [5, 5.41) is 3.32. The van der Waals surface area contributed by atoms with Crippen LogP contribution in [0.1, 0.15) is 28.8 Å². The first kappa shape index (κ1) is 18.8. The quantitative estimate of drug-likeness (QED) is 0.850. The molecule has 0 radical (unpaired) electrons. The number of anilines is 2. The van der Waals surface area contributed by atoms with Gasteiger partial charge in [0.2, 0.25) is 0 Å². The monoisotopic (exact) mass is 400 g/mol. The van der Waals surface area contributed by atoms with E-state index < -0.39 is 0 Å². The lowest BCUT2D eigenvalue weighted by molar-refractivity contribution is -0.127. The Balaban J connectivity index is 1.56. The Morgan fingerprint density at radius 2 is 2.11 bits per heavy atom. The molecule has 2 aromatic carbocycles. The molecule has 0 aromatic heterocycles. The predicted octanol–water partition coefficient (Wildman–Crippen LogP) is 3.67. The molecule has 0 saturated carbocycles. The molecule has 1 atom stereocenters. The van der Waals surface area contributed by atoms with Crippen molar-refractivity contribution in [2.75, 3.05) is 30.5 Å². The van der Waals surface area contributed by atoms with Gasteiger partial charge in [-0.3, -0.25) is 9.59 Å². The van der Waals surface area contributed by atoms with Crippen LogP contribution in [0.5, 0.6) is 5.75 Å². The van der Waals surface area contributed by atoms with Crippen molar-refractivity contribution in [3.63, 3.8) is 0 Å². The van der Waals surface area contributed by atoms with Gasteiger partial charge in [0, 0.05) is 29.5 Å². The predicted molar refractivity (Wildman–Crippen MR) is 107 cm³/mol. The van der Waals surface area contributed by atoms with Gasteiger partial charge in [-0.1, -0.05) is 17.7 Å². The van der Waals surface area contributed by atoms with E-state index in [1.54, 1.807) is 23.1 Å². The smallest absolute Gasteiger partial charge is 0.259 e. The van der Waals surface area contributed by atoms with Crippen LogP contribution in [0.3, 0.4) is 0 Å². The largest absolute Gasteiger partial charge is 0.496 e. The van der Waals surface area contributed by atoms with Gasteiger partial charge in [-0.25, -0.2) is 0 Å². The number of hydrogen-bond acceptors (Lipinski definition) is 4. The van der Waals surface area contributed by atoms with E-state index in [-0.39, 0.29) is 17.9 Å². The molecule has 0 spiro atoms. The van der Waals surface area contributed by atoms with Gasteiger partial charge in [0.1, 0.15) is 11.9 Å². The summed E-state index contributed by atoms with van der Waals surface area (Å²) in [6, 6.07) is 10.5. The summed E-state index contributed by atoms with van der Waals surface area (Å²) in [6.07, 6.45) is 2.11. The van der Waals surface area contributed by atoms with E-state index in [0.717, 1.165) is 30.5 Å². The maximum atomic E-state index is 12.8. The summed E-state index contributed by atoms with van der Waals surface area (Å²) < 4.78 is 10.8. The lowest BCUT2D eigenvalue weighted by Gasteiger charge is -2.21. The molecule has 2 heterocycles. The highest BCUT2D eigenvalue weighted by Crippen LogP contribution is 2.33. The number of rotatable bonds is 4. The molecule has 146 valence electrons. The van der Waals surface area contributed by atoms with E-state index in [1.165, 1.54) is 7.11 Å². The number of carbonyl (C=O) groups is 2. The van der Waals surface area contributed by atoms with Crippen molar-refractivity contribution in [1.29, 1.82) is 0 Å². The second-order valence-corrected chi connectivity index (χ2v) is 7.32. The third kappa shape index (κ3) is 3.57. The van der Waals surface area contributed by atoms with Gasteiger partial charge in [0.05, 0.1) is 12.7 Å². The zero-order valence-electron chi connectivity index (χ0n) is 15.5. The van der Waals surface area contributed by atoms with E-state index >= 15 is 0 Å². The highest BCUT2D eigenvalue weighted by molar-refractivity contribution is 6.31. The van der Waals surface area contributed by atoms with E-state index in [1.807, 2.05) is 18.2 Å². The first-order valence-electron chi connectivity index (χ1n) is 9.27. The summed E-state index contributed by atoms with van der Waals surface area (Å²) in [7, 11) is 1.50. The average molecular weight is 401 g/mol. The number of ether oxygens (including phenoxy) is 2. The van der Waals surface area contributed by atoms with Crippen LogP contribution in [0.2, 0.25) is 5.02 Å². The van der Waals surface area contributed by atoms with Crippen LogP contribution in [0.25, 0.3) is 0 Å². The SMILES string of the molecule is COc1ccc(Cl)cc1C(=O)Nc1ccc2c(c1)N(C(=O)C1CCCO1)CC2. The van der Waals surface area contributed by atoms with Crippen molar-refractivity contribution < 1.29 is 19.1 Å². The van der Waals surface area contributed by atoms with E-state index in [2.05, 4.69) is 5.32 Å². The molecule has 2 aliphatic rings. The van der Waals surface area contributed by atoms with E-state index in [0.29, 0.717) is 35.2 Å². The molecular formula is C21H21ClN2O4. The third-order valence-electron chi connectivity index (χ3n) is 5.12. The summed E-state index contributed by atoms with van der Waals surface area (Å²) in [5.41, 5.74) is 2.88. The number of carbonyl (C=O) groups excluding carboxylic acids is 2. The molecule has 7 heteroatoms. The van der Waals surface area contributed by atoms with Crippen LogP contribution >= 0.6 is 11.6 Å². The molecule has 1 saturated heterocycles. The van der Waals surface area contributed by atoms with Crippen LogP contribution in [0.4, 0.5) is 11.4 Å². The normalized spacial score (nSPS) is 18.1. The Bertz CT molecular complexity index is 925. The van der Waals surface area contributed by atoms with Crippen molar-refractivity contribution in [2.24, 2.45) is 0 Å². The molecule has 0 bridgehead atoms. The Kier molecular flexibility index (Phi) is 5.24. The van der Waals surface area contributed by atoms with Gasteiger partial charge < -0.3 is 19.7 Å². The van der Waals surface area contributed by atoms with Crippen LogP contribution < -0.4 is 15.0 Å². The maximum Gasteiger partial charge on any atom is 0.259 e. The Morgan fingerprint density at radius 1 is 1.25 bits per heavy atom. The molecule has 1 unspecified atom stereocenters. The van der Waals surface area contributed by atoms with Crippen LogP contribution in [0, 0.1) is 0 Å². The van der Waals surface area contributed by atoms with Crippen LogP contribution in [-0.4, -0.2) is 38.2 Å². The minimum atomic E-state index is -0.361. The molecule has 1 fully saturated rings. The minimum Gasteiger partial charge on any atom is -0.496 e. The molecule has 2 aromatic rings. The summed E-state index contributed by atoms with van der Waals surface area (Å²) in [6.45, 7) is 1.27. The summed E-state index contributed by atoms with van der Waals surface area (Å²) in [4.78, 5) is 27.3. The Hall–Kier alpha value is -2.57. The van der Waals surface area contributed by atoms with Crippen molar-refractivity contribution in [3.8, 4) is 5.75 Å². The topological polar surface area (TPSA) is 67.9 Å². The number of fused-ring (bicyclic) bond motifs is 1. The molecule has 2 amide bonds. The second kappa shape index (κ2) is 7.81. The Labute approximate surface area is 168 Å². The second-order valence-electron chi connectivity index (χ2n) is 6.88. The lowest BCUT2D eigenvalue weighted by Crippen LogP contribution is -2.37. The fraction of sp³-hybridized carbons (Fsp3) is 0.333. The zero-order valence-corrected chi connectivity index (χ0v) is 16.3. The van der Waals surface area contributed by atoms with Gasteiger partial charge in [-0.2, -0.15) is 0 Å². The molecule has 6 nitrogen and oxygen atoms in total. The van der Waals surface area contributed by atoms with Crippen LogP contribution in [-0.2, 0) is 16.0 Å². The fourth-order valence-corrected chi connectivity index (χ4v) is 3.86. The lowest BCUT2D eigenvalue weighted by atomic mass is 10.1. The number of benzene rings is 2. The minimum absolute atomic E-state index is 0.00348. The first-order chi connectivity index (χ1) is 13.6. The molecule has 4 rings (SSSR count). The number of nitrogens with zero attached hydrogens (tertiary/aromatic N) is 1. The highest BCUT2D eigenvalue weighted by atomic mass is 35.5. The maximum absolute atomic E-state index is 12.8. The molecular weight excluding hydrogens is 380 g/mol. The van der Waals surface area contributed by atoms with E-state index in [4.69, 9.17) is 21.1 Å². The zero-order chi connectivity index (χ0) is 19.7. The fourth-order valence-electron chi connectivity index (χ4n) is 3.69. The number of nitrogens with one attached hydrogen (secondary N) is 1. The summed E-state index contributed by atoms with van der Waals surface area (Å²) >= 11 is 6.02. The molecule has 2 aliphatic heterocycles. The van der Waals surface area contributed by atoms with E-state index in [9.17, 15) is 9.59 Å². The van der Waals surface area contributed by atoms with Gasteiger partial charge >= 0.3 is 0 Å². The Morgan fingerprint density at radius 3 is 2.86 bits per heavy atom. The number of amides is 2. The number of methoxy groups -OCH3 is 1. The number of halogens is 1. The van der Waals surface area contributed by atoms with Crippen LogP contribution in [0.15, 0.2) is 36.4 Å². The van der Waals surface area contributed by atoms with Gasteiger partial charge in [-0.15, -0.1) is 0 Å². The van der Waals surface area contributed by atoms with Gasteiger partial charge in [0.25, 0.3) is 11.8 Å². The molecule has 0 aliphatic carbocycles. The van der Waals surface area contributed by atoms with Crippen molar-refractivity contribution in [2.45, 2.75) is 25.4 Å². The number of hydrogen-bond donors (Lipinski definition) is 1. The summed E-state index contributed by atoms with van der Waals surface area (Å²) in [5.74, 6) is 0.115. The third-order valence-corrected chi connectivity index (χ3v) is 5.35. The standard InChI is InChI=1S/C21H21ClN2O4/c1-27-18-7-5-14(22)11-16(18)20(25)23-15-6-4-13-8-9-24(17(13)12-15)21(26)19-3-2-10-28-19/h4-7,11-12,19H,2-3,8-10H2,1H3,(H,23,25). The van der Waals surface area contributed by atoms with Crippen molar-refractivity contribution >= 4 is 34.8 Å². The average Bonchev–Trinajstić information content (AvgIpc) is 3.37. The van der Waals surface area contributed by atoms with Gasteiger partial charge in [0.15, 0.2) is 0 Å².